The lowest BCUT2D eigenvalue weighted by Crippen LogP contribution is -1.91. The van der Waals surface area contributed by atoms with Crippen molar-refractivity contribution in [2.75, 3.05) is 12.8 Å². The van der Waals surface area contributed by atoms with Crippen LogP contribution in [0.2, 0.25) is 0 Å². The van der Waals surface area contributed by atoms with Crippen LogP contribution in [0.4, 0.5) is 4.20 Å². The van der Waals surface area contributed by atoms with E-state index < -0.39 is 7.68 Å². The van der Waals surface area contributed by atoms with Crippen LogP contribution >= 0.6 is 7.68 Å². The van der Waals surface area contributed by atoms with E-state index >= 15 is 0 Å². The van der Waals surface area contributed by atoms with Gasteiger partial charge in [-0.2, -0.15) is 4.20 Å². The molecule has 0 fully saturated rings. The largest absolute Gasteiger partial charge is 0.367 e. The predicted molar refractivity (Wildman–Crippen MR) is 105 cm³/mol. The van der Waals surface area contributed by atoms with Crippen molar-refractivity contribution in [1.82, 2.24) is 0 Å². The smallest absolute Gasteiger partial charge is 0.306 e. The molecule has 0 radical (unpaired) electrons. The number of halogens is 1. The molecule has 0 heterocycles. The molecule has 0 aliphatic heterocycles. The second kappa shape index (κ2) is 17.7. The van der Waals surface area contributed by atoms with Crippen LogP contribution in [0.1, 0.15) is 104 Å². The maximum absolute atomic E-state index is 13.3. The lowest BCUT2D eigenvalue weighted by molar-refractivity contribution is 0.303. The maximum Gasteiger partial charge on any atom is 0.367 e. The van der Waals surface area contributed by atoms with Gasteiger partial charge in [0, 0.05) is 0 Å². The molecule has 4 heteroatoms. The van der Waals surface area contributed by atoms with Gasteiger partial charge < -0.3 is 4.52 Å². The monoisotopic (exact) mass is 362 g/mol. The van der Waals surface area contributed by atoms with E-state index in [1.165, 1.54) is 64.2 Å². The van der Waals surface area contributed by atoms with Crippen LogP contribution in [0.5, 0.6) is 0 Å². The van der Waals surface area contributed by atoms with Crippen LogP contribution in [-0.2, 0) is 9.09 Å². The zero-order valence-electron chi connectivity index (χ0n) is 16.1. The molecule has 0 amide bonds. The highest BCUT2D eigenvalue weighted by Crippen LogP contribution is 2.49. The Bertz CT molecular complexity index is 332. The van der Waals surface area contributed by atoms with Crippen LogP contribution in [0.3, 0.4) is 0 Å². The van der Waals surface area contributed by atoms with Gasteiger partial charge in [0.2, 0.25) is 0 Å². The van der Waals surface area contributed by atoms with Crippen molar-refractivity contribution in [1.29, 1.82) is 0 Å². The first-order valence-corrected chi connectivity index (χ1v) is 11.9. The number of hydrogen-bond acceptors (Lipinski definition) is 2. The Morgan fingerprint density at radius 1 is 0.750 bits per heavy atom. The molecule has 1 unspecified atom stereocenters. The fourth-order valence-electron chi connectivity index (χ4n) is 2.81. The van der Waals surface area contributed by atoms with Crippen molar-refractivity contribution < 1.29 is 13.3 Å². The van der Waals surface area contributed by atoms with E-state index in [0.717, 1.165) is 19.3 Å². The fraction of sp³-hybridized carbons (Fsp3) is 0.900. The van der Waals surface area contributed by atoms with E-state index in [9.17, 15) is 8.76 Å². The molecule has 144 valence electrons. The molecule has 0 aliphatic carbocycles. The van der Waals surface area contributed by atoms with E-state index in [1.807, 2.05) is 0 Å². The van der Waals surface area contributed by atoms with Crippen LogP contribution < -0.4 is 0 Å². The predicted octanol–water partition coefficient (Wildman–Crippen LogP) is 8.22. The van der Waals surface area contributed by atoms with E-state index in [0.29, 0.717) is 6.42 Å². The molecule has 0 aromatic carbocycles. The third kappa shape index (κ3) is 18.2. The van der Waals surface area contributed by atoms with Gasteiger partial charge in [0.15, 0.2) is 0 Å². The highest BCUT2D eigenvalue weighted by Gasteiger charge is 2.19. The second-order valence-corrected chi connectivity index (χ2v) is 8.56. The molecule has 0 saturated carbocycles. The summed E-state index contributed by atoms with van der Waals surface area (Å²) in [4.78, 5) is 0. The lowest BCUT2D eigenvalue weighted by Gasteiger charge is -2.07. The average molecular weight is 363 g/mol. The molecule has 0 aromatic rings. The van der Waals surface area contributed by atoms with Gasteiger partial charge in [0.25, 0.3) is 0 Å². The Labute approximate surface area is 150 Å². The van der Waals surface area contributed by atoms with Gasteiger partial charge in [-0.3, -0.25) is 4.57 Å². The summed E-state index contributed by atoms with van der Waals surface area (Å²) in [6.07, 6.45) is 21.8. The summed E-state index contributed by atoms with van der Waals surface area (Å²) in [5, 5.41) is 0. The van der Waals surface area contributed by atoms with Gasteiger partial charge in [0.05, 0.1) is 12.8 Å². The zero-order valence-corrected chi connectivity index (χ0v) is 17.0. The van der Waals surface area contributed by atoms with Gasteiger partial charge in [-0.25, -0.2) is 0 Å². The summed E-state index contributed by atoms with van der Waals surface area (Å²) < 4.78 is 29.2. The van der Waals surface area contributed by atoms with Gasteiger partial charge in [-0.15, -0.1) is 0 Å². The molecule has 0 rings (SSSR count). The molecule has 0 saturated heterocycles. The molecule has 2 nitrogen and oxygen atoms in total. The molecule has 0 spiro atoms. The zero-order chi connectivity index (χ0) is 17.9. The van der Waals surface area contributed by atoms with Crippen LogP contribution in [0, 0.1) is 0 Å². The summed E-state index contributed by atoms with van der Waals surface area (Å²) in [5.74, 6) is 0. The summed E-state index contributed by atoms with van der Waals surface area (Å²) >= 11 is 0. The van der Waals surface area contributed by atoms with Crippen molar-refractivity contribution in [3.05, 3.63) is 12.2 Å². The van der Waals surface area contributed by atoms with E-state index in [2.05, 4.69) is 23.6 Å². The van der Waals surface area contributed by atoms with Crippen LogP contribution in [0.15, 0.2) is 12.2 Å². The lowest BCUT2D eigenvalue weighted by atomic mass is 10.1. The van der Waals surface area contributed by atoms with Gasteiger partial charge in [-0.1, -0.05) is 76.9 Å². The number of hydrogen-bond donors (Lipinski definition) is 0. The van der Waals surface area contributed by atoms with Gasteiger partial charge in [-0.05, 0) is 39.0 Å². The third-order valence-electron chi connectivity index (χ3n) is 4.26. The Balaban J connectivity index is 3.23. The Morgan fingerprint density at radius 3 is 1.71 bits per heavy atom. The van der Waals surface area contributed by atoms with Gasteiger partial charge >= 0.3 is 7.68 Å². The van der Waals surface area contributed by atoms with Crippen molar-refractivity contribution in [3.63, 3.8) is 0 Å². The van der Waals surface area contributed by atoms with Crippen molar-refractivity contribution in [2.24, 2.45) is 0 Å². The Hall–Kier alpha value is -0.140. The summed E-state index contributed by atoms with van der Waals surface area (Å²) in [5.41, 5.74) is 0. The van der Waals surface area contributed by atoms with E-state index in [4.69, 9.17) is 0 Å². The Kier molecular flexibility index (Phi) is 17.6. The molecular formula is C20H40FO2P. The minimum absolute atomic E-state index is 0.0825. The quantitative estimate of drug-likeness (QED) is 0.139. The summed E-state index contributed by atoms with van der Waals surface area (Å²) in [6.45, 7) is 4.13. The SMILES string of the molecule is CCCCCCCCC/C=C\CCCCCCCP(=O)(F)OCC. The fourth-order valence-corrected chi connectivity index (χ4v) is 3.92. The van der Waals surface area contributed by atoms with Crippen molar-refractivity contribution >= 4 is 7.68 Å². The first-order valence-electron chi connectivity index (χ1n) is 10.2. The van der Waals surface area contributed by atoms with E-state index in [1.54, 1.807) is 6.92 Å². The van der Waals surface area contributed by atoms with Crippen LogP contribution in [0.25, 0.3) is 0 Å². The molecular weight excluding hydrogens is 322 g/mol. The Morgan fingerprint density at radius 2 is 1.21 bits per heavy atom. The first-order chi connectivity index (χ1) is 11.6. The second-order valence-electron chi connectivity index (χ2n) is 6.67. The van der Waals surface area contributed by atoms with Crippen LogP contribution in [-0.4, -0.2) is 12.8 Å². The van der Waals surface area contributed by atoms with E-state index in [-0.39, 0.29) is 12.8 Å². The van der Waals surface area contributed by atoms with Gasteiger partial charge in [0.1, 0.15) is 0 Å². The molecule has 0 aromatic heterocycles. The average Bonchev–Trinajstić information content (AvgIpc) is 2.54. The number of rotatable bonds is 18. The topological polar surface area (TPSA) is 26.3 Å². The molecule has 0 N–H and O–H groups in total. The summed E-state index contributed by atoms with van der Waals surface area (Å²) in [7, 11) is -3.79. The molecule has 24 heavy (non-hydrogen) atoms. The van der Waals surface area contributed by atoms with Crippen molar-refractivity contribution in [2.45, 2.75) is 104 Å². The third-order valence-corrected chi connectivity index (χ3v) is 5.75. The highest BCUT2D eigenvalue weighted by atomic mass is 31.2. The standard InChI is InChI=1S/C20H40FO2P/c1-3-5-6-7-8-9-10-11-12-13-14-15-16-17-18-19-20-24(21,22)23-4-2/h12-13H,3-11,14-20H2,1-2H3/b13-12-. The minimum atomic E-state index is -3.79. The normalized spacial score (nSPS) is 14.3. The minimum Gasteiger partial charge on any atom is -0.306 e. The molecule has 0 aliphatic rings. The highest BCUT2D eigenvalue weighted by molar-refractivity contribution is 7.53. The molecule has 1 atom stereocenters. The maximum atomic E-state index is 13.3. The van der Waals surface area contributed by atoms with Crippen molar-refractivity contribution in [3.8, 4) is 0 Å². The number of allylic oxidation sites excluding steroid dienone is 2. The first kappa shape index (κ1) is 23.9. The molecule has 0 bridgehead atoms. The number of unbranched alkanes of at least 4 members (excludes halogenated alkanes) is 12. The summed E-state index contributed by atoms with van der Waals surface area (Å²) in [6, 6.07) is 0.